The van der Waals surface area contributed by atoms with E-state index in [1.165, 1.54) is 18.4 Å². The van der Waals surface area contributed by atoms with Gasteiger partial charge in [0.05, 0.1) is 11.3 Å². The first-order valence-electron chi connectivity index (χ1n) is 7.09. The second-order valence-electron chi connectivity index (χ2n) is 6.25. The average molecular weight is 264 g/mol. The lowest BCUT2D eigenvalue weighted by molar-refractivity contribution is 0.321. The van der Waals surface area contributed by atoms with E-state index in [9.17, 15) is 5.26 Å². The maximum absolute atomic E-state index is 9.47. The zero-order valence-electron chi connectivity index (χ0n) is 11.5. The van der Waals surface area contributed by atoms with Crippen LogP contribution in [0.2, 0.25) is 0 Å². The molecule has 4 heteroatoms. The summed E-state index contributed by atoms with van der Waals surface area (Å²) in [6.45, 7) is 2.16. The fourth-order valence-electron chi connectivity index (χ4n) is 3.24. The van der Waals surface area contributed by atoms with Gasteiger partial charge >= 0.3 is 0 Å². The predicted octanol–water partition coefficient (Wildman–Crippen LogP) is 2.68. The van der Waals surface area contributed by atoms with Gasteiger partial charge in [0.1, 0.15) is 18.2 Å². The van der Waals surface area contributed by atoms with Gasteiger partial charge in [-0.1, -0.05) is 0 Å². The molecule has 0 bridgehead atoms. The second kappa shape index (κ2) is 4.39. The van der Waals surface area contributed by atoms with Crippen LogP contribution in [0.1, 0.15) is 39.0 Å². The molecule has 2 fully saturated rings. The maximum Gasteiger partial charge on any atom is 0.154 e. The molecule has 0 aromatic heterocycles. The van der Waals surface area contributed by atoms with E-state index in [1.807, 2.05) is 12.1 Å². The van der Waals surface area contributed by atoms with E-state index < -0.39 is 0 Å². The largest absolute Gasteiger partial charge is 0.377 e. The summed E-state index contributed by atoms with van der Waals surface area (Å²) in [5, 5.41) is 31.1. The smallest absolute Gasteiger partial charge is 0.154 e. The molecular formula is C16H16N4. The summed E-state index contributed by atoms with van der Waals surface area (Å²) in [6, 6.07) is 6.10. The summed E-state index contributed by atoms with van der Waals surface area (Å²) >= 11 is 0. The molecule has 3 aliphatic rings. The van der Waals surface area contributed by atoms with E-state index in [0.29, 0.717) is 23.1 Å². The summed E-state index contributed by atoms with van der Waals surface area (Å²) in [6.07, 6.45) is 5.50. The van der Waals surface area contributed by atoms with Crippen molar-refractivity contribution in [1.82, 2.24) is 5.32 Å². The number of rotatable bonds is 2. The molecule has 0 aromatic rings. The first-order valence-corrected chi connectivity index (χ1v) is 7.09. The Morgan fingerprint density at radius 3 is 2.25 bits per heavy atom. The van der Waals surface area contributed by atoms with Gasteiger partial charge in [-0.05, 0) is 56.4 Å². The molecule has 20 heavy (non-hydrogen) atoms. The van der Waals surface area contributed by atoms with Gasteiger partial charge in [0.25, 0.3) is 0 Å². The first-order chi connectivity index (χ1) is 9.62. The van der Waals surface area contributed by atoms with Crippen LogP contribution in [0.25, 0.3) is 0 Å². The monoisotopic (exact) mass is 264 g/mol. The van der Waals surface area contributed by atoms with E-state index in [-0.39, 0.29) is 11.1 Å². The molecule has 1 aliphatic heterocycles. The van der Waals surface area contributed by atoms with Crippen LogP contribution in [-0.4, -0.2) is 5.54 Å². The highest BCUT2D eigenvalue weighted by atomic mass is 15.0. The second-order valence-corrected chi connectivity index (χ2v) is 6.25. The Bertz CT molecular complexity index is 625. The van der Waals surface area contributed by atoms with E-state index in [2.05, 4.69) is 18.3 Å². The summed E-state index contributed by atoms with van der Waals surface area (Å²) in [5.41, 5.74) is 2.11. The number of nitrogens with zero attached hydrogens (tertiary/aromatic N) is 3. The summed E-state index contributed by atoms with van der Waals surface area (Å²) in [4.78, 5) is 0. The third-order valence-corrected chi connectivity index (χ3v) is 4.67. The van der Waals surface area contributed by atoms with Crippen LogP contribution in [0.3, 0.4) is 0 Å². The molecule has 0 aromatic carbocycles. The molecule has 100 valence electrons. The molecule has 1 N–H and O–H groups in total. The van der Waals surface area contributed by atoms with Crippen LogP contribution < -0.4 is 5.32 Å². The van der Waals surface area contributed by atoms with Crippen LogP contribution >= 0.6 is 0 Å². The first kappa shape index (κ1) is 12.8. The molecule has 0 spiro atoms. The number of allylic oxidation sites excluding steroid dienone is 2. The fraction of sp³-hybridized carbons (Fsp3) is 0.562. The minimum atomic E-state index is -0.105. The van der Waals surface area contributed by atoms with Gasteiger partial charge in [0.15, 0.2) is 5.57 Å². The normalized spacial score (nSPS) is 29.0. The number of hydrogen-bond acceptors (Lipinski definition) is 4. The molecule has 0 amide bonds. The fourth-order valence-corrected chi connectivity index (χ4v) is 3.24. The number of nitriles is 3. The predicted molar refractivity (Wildman–Crippen MR) is 72.5 cm³/mol. The Balaban J connectivity index is 2.14. The standard InChI is InChI=1S/C16H16N4/c1-16(12-4-5-12)6-13(10-2-3-10)14(9-19)15(20-16)11(7-17)8-18/h10,12,20H,2-6H2,1H3/t16-/m1/s1. The van der Waals surface area contributed by atoms with Gasteiger partial charge in [-0.15, -0.1) is 0 Å². The van der Waals surface area contributed by atoms with Crippen LogP contribution in [0.4, 0.5) is 0 Å². The number of nitrogens with one attached hydrogen (secondary N) is 1. The van der Waals surface area contributed by atoms with Gasteiger partial charge < -0.3 is 5.32 Å². The Hall–Kier alpha value is -2.25. The van der Waals surface area contributed by atoms with Crippen LogP contribution in [0, 0.1) is 45.8 Å². The third kappa shape index (κ3) is 1.97. The molecule has 0 saturated heterocycles. The van der Waals surface area contributed by atoms with Gasteiger partial charge in [0, 0.05) is 5.54 Å². The quantitative estimate of drug-likeness (QED) is 0.777. The zero-order valence-corrected chi connectivity index (χ0v) is 11.5. The average Bonchev–Trinajstić information content (AvgIpc) is 3.32. The van der Waals surface area contributed by atoms with Crippen molar-refractivity contribution in [3.05, 3.63) is 22.4 Å². The zero-order chi connectivity index (χ0) is 14.3. The van der Waals surface area contributed by atoms with Gasteiger partial charge in [-0.3, -0.25) is 0 Å². The van der Waals surface area contributed by atoms with Gasteiger partial charge in [-0.25, -0.2) is 0 Å². The van der Waals surface area contributed by atoms with E-state index in [4.69, 9.17) is 10.5 Å². The Kier molecular flexibility index (Phi) is 2.81. The van der Waals surface area contributed by atoms with Gasteiger partial charge in [0.2, 0.25) is 0 Å². The van der Waals surface area contributed by atoms with Crippen molar-refractivity contribution in [1.29, 1.82) is 15.8 Å². The molecule has 0 radical (unpaired) electrons. The van der Waals surface area contributed by atoms with E-state index in [0.717, 1.165) is 19.3 Å². The molecule has 0 unspecified atom stereocenters. The lowest BCUT2D eigenvalue weighted by Crippen LogP contribution is -2.48. The highest BCUT2D eigenvalue weighted by molar-refractivity contribution is 5.58. The number of hydrogen-bond donors (Lipinski definition) is 1. The molecule has 1 heterocycles. The van der Waals surface area contributed by atoms with Crippen LogP contribution in [-0.2, 0) is 0 Å². The van der Waals surface area contributed by atoms with Crippen molar-refractivity contribution in [2.45, 2.75) is 44.6 Å². The van der Waals surface area contributed by atoms with E-state index in [1.54, 1.807) is 0 Å². The van der Waals surface area contributed by atoms with Crippen LogP contribution in [0.15, 0.2) is 22.4 Å². The lowest BCUT2D eigenvalue weighted by atomic mass is 9.79. The molecule has 4 nitrogen and oxygen atoms in total. The summed E-state index contributed by atoms with van der Waals surface area (Å²) in [5.74, 6) is 1.07. The van der Waals surface area contributed by atoms with Crippen molar-refractivity contribution < 1.29 is 0 Å². The van der Waals surface area contributed by atoms with Crippen molar-refractivity contribution in [2.24, 2.45) is 11.8 Å². The van der Waals surface area contributed by atoms with Crippen molar-refractivity contribution in [3.8, 4) is 18.2 Å². The lowest BCUT2D eigenvalue weighted by Gasteiger charge is -2.39. The Morgan fingerprint density at radius 2 is 1.80 bits per heavy atom. The van der Waals surface area contributed by atoms with Gasteiger partial charge in [-0.2, -0.15) is 15.8 Å². The molecule has 1 atom stereocenters. The van der Waals surface area contributed by atoms with Crippen molar-refractivity contribution in [2.75, 3.05) is 0 Å². The highest BCUT2D eigenvalue weighted by Crippen LogP contribution is 2.51. The highest BCUT2D eigenvalue weighted by Gasteiger charge is 2.48. The molecule has 2 aliphatic carbocycles. The van der Waals surface area contributed by atoms with Crippen molar-refractivity contribution >= 4 is 0 Å². The van der Waals surface area contributed by atoms with Crippen LogP contribution in [0.5, 0.6) is 0 Å². The summed E-state index contributed by atoms with van der Waals surface area (Å²) in [7, 11) is 0. The molecule has 2 saturated carbocycles. The maximum atomic E-state index is 9.47. The SMILES string of the molecule is C[C@]1(C2CC2)CC(C2CC2)=C(C#N)C(=C(C#N)C#N)N1. The topological polar surface area (TPSA) is 83.4 Å². The van der Waals surface area contributed by atoms with Crippen molar-refractivity contribution in [3.63, 3.8) is 0 Å². The molecular weight excluding hydrogens is 248 g/mol. The van der Waals surface area contributed by atoms with E-state index >= 15 is 0 Å². The molecule has 3 rings (SSSR count). The Labute approximate surface area is 119 Å². The third-order valence-electron chi connectivity index (χ3n) is 4.67. The minimum Gasteiger partial charge on any atom is -0.377 e. The summed E-state index contributed by atoms with van der Waals surface area (Å²) < 4.78 is 0. The Morgan fingerprint density at radius 1 is 1.15 bits per heavy atom. The minimum absolute atomic E-state index is 0.0336.